The monoisotopic (exact) mass is 438 g/mol. The number of amides is 1. The Bertz CT molecular complexity index is 940. The van der Waals surface area contributed by atoms with E-state index in [1.165, 1.54) is 29.6 Å². The van der Waals surface area contributed by atoms with Crippen LogP contribution in [0.5, 0.6) is 5.75 Å². The summed E-state index contributed by atoms with van der Waals surface area (Å²) in [5.41, 5.74) is 0.671. The number of benzene rings is 2. The molecule has 0 unspecified atom stereocenters. The second-order valence-corrected chi connectivity index (χ2v) is 8.98. The lowest BCUT2D eigenvalue weighted by atomic mass is 10.2. The summed E-state index contributed by atoms with van der Waals surface area (Å²) in [5, 5.41) is 0.234. The van der Waals surface area contributed by atoms with Gasteiger partial charge >= 0.3 is 0 Å². The van der Waals surface area contributed by atoms with Crippen LogP contribution >= 0.6 is 11.6 Å². The molecule has 0 N–H and O–H groups in total. The first-order valence-corrected chi connectivity index (χ1v) is 11.3. The molecule has 2 rings (SSSR count). The Morgan fingerprint density at radius 2 is 1.62 bits per heavy atom. The molecule has 0 aliphatic carbocycles. The lowest BCUT2D eigenvalue weighted by Crippen LogP contribution is -2.33. The Morgan fingerprint density at radius 1 is 1.03 bits per heavy atom. The molecule has 29 heavy (non-hydrogen) atoms. The van der Waals surface area contributed by atoms with Crippen molar-refractivity contribution in [2.45, 2.75) is 31.6 Å². The number of methoxy groups -OCH3 is 1. The third-order valence-corrected chi connectivity index (χ3v) is 6.65. The van der Waals surface area contributed by atoms with Crippen LogP contribution in [0.2, 0.25) is 5.02 Å². The van der Waals surface area contributed by atoms with E-state index in [9.17, 15) is 13.2 Å². The molecule has 0 saturated carbocycles. The van der Waals surface area contributed by atoms with Gasteiger partial charge in [0, 0.05) is 20.1 Å². The summed E-state index contributed by atoms with van der Waals surface area (Å²) in [5.74, 6) is 0.369. The summed E-state index contributed by atoms with van der Waals surface area (Å²) in [6.07, 6.45) is 1.61. The fourth-order valence-electron chi connectivity index (χ4n) is 2.94. The fraction of sp³-hybridized carbons (Fsp3) is 0.381. The highest BCUT2D eigenvalue weighted by Gasteiger charge is 2.25. The van der Waals surface area contributed by atoms with Crippen LogP contribution in [-0.2, 0) is 10.0 Å². The van der Waals surface area contributed by atoms with E-state index in [2.05, 4.69) is 0 Å². The molecule has 2 aromatic rings. The minimum Gasteiger partial charge on any atom is -0.497 e. The quantitative estimate of drug-likeness (QED) is 0.580. The van der Waals surface area contributed by atoms with Gasteiger partial charge in [0.2, 0.25) is 0 Å². The van der Waals surface area contributed by atoms with Crippen LogP contribution in [0.25, 0.3) is 0 Å². The first-order chi connectivity index (χ1) is 13.8. The highest BCUT2D eigenvalue weighted by atomic mass is 35.5. The molecule has 0 saturated heterocycles. The van der Waals surface area contributed by atoms with Crippen molar-refractivity contribution in [3.05, 3.63) is 53.1 Å². The van der Waals surface area contributed by atoms with E-state index in [1.807, 2.05) is 13.8 Å². The molecule has 0 heterocycles. The number of nitrogens with zero attached hydrogens (tertiary/aromatic N) is 2. The molecular formula is C21H27ClN2O4S. The van der Waals surface area contributed by atoms with Gasteiger partial charge in [-0.1, -0.05) is 25.4 Å². The number of ether oxygens (including phenoxy) is 1. The number of anilines is 1. The number of halogens is 1. The van der Waals surface area contributed by atoms with Gasteiger partial charge in [0.1, 0.15) is 5.75 Å². The molecule has 1 amide bonds. The Morgan fingerprint density at radius 3 is 2.14 bits per heavy atom. The molecule has 0 spiro atoms. The molecule has 0 fully saturated rings. The average Bonchev–Trinajstić information content (AvgIpc) is 2.72. The van der Waals surface area contributed by atoms with E-state index in [-0.39, 0.29) is 21.4 Å². The van der Waals surface area contributed by atoms with E-state index in [0.29, 0.717) is 24.5 Å². The minimum atomic E-state index is -3.87. The SMILES string of the molecule is CCCN(CCC)C(=O)c1cc(S(=O)(=O)N(C)c2ccc(OC)cc2)ccc1Cl. The Hall–Kier alpha value is -2.25. The first-order valence-electron chi connectivity index (χ1n) is 9.48. The van der Waals surface area contributed by atoms with Crippen LogP contribution in [0.15, 0.2) is 47.4 Å². The molecule has 2 aromatic carbocycles. The zero-order valence-electron chi connectivity index (χ0n) is 17.2. The number of carbonyl (C=O) groups excluding carboxylic acids is 1. The van der Waals surface area contributed by atoms with Crippen molar-refractivity contribution in [2.75, 3.05) is 31.6 Å². The number of hydrogen-bond acceptors (Lipinski definition) is 4. The third-order valence-electron chi connectivity index (χ3n) is 4.54. The van der Waals surface area contributed by atoms with Crippen molar-refractivity contribution in [1.29, 1.82) is 0 Å². The first kappa shape index (κ1) is 23.0. The van der Waals surface area contributed by atoms with Gasteiger partial charge in [-0.25, -0.2) is 8.42 Å². The normalized spacial score (nSPS) is 11.2. The largest absolute Gasteiger partial charge is 0.497 e. The van der Waals surface area contributed by atoms with Crippen LogP contribution in [-0.4, -0.2) is 46.5 Å². The smallest absolute Gasteiger partial charge is 0.264 e. The molecule has 0 atom stereocenters. The lowest BCUT2D eigenvalue weighted by molar-refractivity contribution is 0.0755. The van der Waals surface area contributed by atoms with Crippen molar-refractivity contribution >= 4 is 33.2 Å². The summed E-state index contributed by atoms with van der Waals surface area (Å²) in [6, 6.07) is 10.9. The second-order valence-electron chi connectivity index (χ2n) is 6.60. The number of sulfonamides is 1. The van der Waals surface area contributed by atoms with Crippen LogP contribution in [0, 0.1) is 0 Å². The maximum absolute atomic E-state index is 13.1. The average molecular weight is 439 g/mol. The van der Waals surface area contributed by atoms with Gasteiger partial charge in [-0.15, -0.1) is 0 Å². The van der Waals surface area contributed by atoms with Gasteiger partial charge in [-0.05, 0) is 55.3 Å². The summed E-state index contributed by atoms with van der Waals surface area (Å²) in [6.45, 7) is 5.15. The zero-order chi connectivity index (χ0) is 21.6. The van der Waals surface area contributed by atoms with Gasteiger partial charge < -0.3 is 9.64 Å². The maximum Gasteiger partial charge on any atom is 0.264 e. The van der Waals surface area contributed by atoms with Gasteiger partial charge in [0.25, 0.3) is 15.9 Å². The van der Waals surface area contributed by atoms with Crippen molar-refractivity contribution in [1.82, 2.24) is 4.90 Å². The standard InChI is InChI=1S/C21H27ClN2O4S/c1-5-13-24(14-6-2)21(25)19-15-18(11-12-20(19)22)29(26,27)23(3)16-7-9-17(28-4)10-8-16/h7-12,15H,5-6,13-14H2,1-4H3. The van der Waals surface area contributed by atoms with Gasteiger partial charge in [-0.3, -0.25) is 9.10 Å². The van der Waals surface area contributed by atoms with Gasteiger partial charge in [-0.2, -0.15) is 0 Å². The van der Waals surface area contributed by atoms with Crippen molar-refractivity contribution in [3.63, 3.8) is 0 Å². The number of hydrogen-bond donors (Lipinski definition) is 0. The Balaban J connectivity index is 2.40. The minimum absolute atomic E-state index is 0.0107. The fourth-order valence-corrected chi connectivity index (χ4v) is 4.36. The topological polar surface area (TPSA) is 66.9 Å². The van der Waals surface area contributed by atoms with Crippen molar-refractivity contribution in [3.8, 4) is 5.75 Å². The Labute approximate surface area is 178 Å². The van der Waals surface area contributed by atoms with Crippen molar-refractivity contribution in [2.24, 2.45) is 0 Å². The van der Waals surface area contributed by atoms with E-state index in [1.54, 1.807) is 36.3 Å². The third kappa shape index (κ3) is 5.22. The highest BCUT2D eigenvalue weighted by Crippen LogP contribution is 2.27. The van der Waals surface area contributed by atoms with E-state index in [0.717, 1.165) is 12.8 Å². The van der Waals surface area contributed by atoms with Crippen molar-refractivity contribution < 1.29 is 17.9 Å². The molecule has 6 nitrogen and oxygen atoms in total. The van der Waals surface area contributed by atoms with Gasteiger partial charge in [0.05, 0.1) is 28.3 Å². The molecule has 0 aromatic heterocycles. The van der Waals surface area contributed by atoms with Crippen LogP contribution in [0.3, 0.4) is 0 Å². The second kappa shape index (κ2) is 9.98. The van der Waals surface area contributed by atoms with Crippen LogP contribution in [0.4, 0.5) is 5.69 Å². The summed E-state index contributed by atoms with van der Waals surface area (Å²) in [4.78, 5) is 14.7. The number of rotatable bonds is 9. The van der Waals surface area contributed by atoms with Crippen LogP contribution in [0.1, 0.15) is 37.0 Å². The molecule has 0 bridgehead atoms. The zero-order valence-corrected chi connectivity index (χ0v) is 18.8. The summed E-state index contributed by atoms with van der Waals surface area (Å²) in [7, 11) is -0.862. The number of carbonyl (C=O) groups is 1. The van der Waals surface area contributed by atoms with Gasteiger partial charge in [0.15, 0.2) is 0 Å². The lowest BCUT2D eigenvalue weighted by Gasteiger charge is -2.23. The van der Waals surface area contributed by atoms with E-state index in [4.69, 9.17) is 16.3 Å². The summed E-state index contributed by atoms with van der Waals surface area (Å²) < 4.78 is 32.5. The molecule has 8 heteroatoms. The predicted molar refractivity (Wildman–Crippen MR) is 117 cm³/mol. The highest BCUT2D eigenvalue weighted by molar-refractivity contribution is 7.92. The molecule has 0 radical (unpaired) electrons. The molecule has 0 aliphatic heterocycles. The van der Waals surface area contributed by atoms with E-state index < -0.39 is 10.0 Å². The maximum atomic E-state index is 13.1. The predicted octanol–water partition coefficient (Wildman–Crippen LogP) is 4.44. The molecule has 158 valence electrons. The molecule has 0 aliphatic rings. The van der Waals surface area contributed by atoms with Crippen LogP contribution < -0.4 is 9.04 Å². The molecular weight excluding hydrogens is 412 g/mol. The Kier molecular flexibility index (Phi) is 7.93. The van der Waals surface area contributed by atoms with E-state index >= 15 is 0 Å². The summed E-state index contributed by atoms with van der Waals surface area (Å²) >= 11 is 6.25.